The van der Waals surface area contributed by atoms with Gasteiger partial charge in [-0.15, -0.1) is 0 Å². The van der Waals surface area contributed by atoms with Crippen LogP contribution in [0.25, 0.3) is 0 Å². The van der Waals surface area contributed by atoms with Gasteiger partial charge in [-0.05, 0) is 31.9 Å². The third kappa shape index (κ3) is 3.88. The van der Waals surface area contributed by atoms with Crippen molar-refractivity contribution in [1.29, 1.82) is 0 Å². The number of amides is 1. The van der Waals surface area contributed by atoms with Crippen molar-refractivity contribution in [3.63, 3.8) is 0 Å². The van der Waals surface area contributed by atoms with Crippen LogP contribution in [0.1, 0.15) is 36.5 Å². The molecule has 3 rings (SSSR count). The molecular formula is C16H18ClNO5. The number of benzene rings is 1. The van der Waals surface area contributed by atoms with Gasteiger partial charge in [-0.2, -0.15) is 0 Å². The molecule has 0 bridgehead atoms. The fourth-order valence-corrected chi connectivity index (χ4v) is 2.44. The van der Waals surface area contributed by atoms with Crippen molar-refractivity contribution in [3.05, 3.63) is 22.7 Å². The number of esters is 1. The van der Waals surface area contributed by atoms with E-state index in [1.165, 1.54) is 12.1 Å². The van der Waals surface area contributed by atoms with Gasteiger partial charge in [0.15, 0.2) is 17.6 Å². The molecule has 0 saturated heterocycles. The van der Waals surface area contributed by atoms with Gasteiger partial charge in [0.05, 0.1) is 23.8 Å². The number of carbonyl (C=O) groups is 2. The second-order valence-electron chi connectivity index (χ2n) is 5.67. The van der Waals surface area contributed by atoms with Crippen LogP contribution in [0.5, 0.6) is 11.5 Å². The Bertz CT molecular complexity index is 629. The summed E-state index contributed by atoms with van der Waals surface area (Å²) in [5, 5.41) is 3.08. The van der Waals surface area contributed by atoms with Crippen molar-refractivity contribution in [2.45, 2.75) is 38.3 Å². The molecule has 1 heterocycles. The average Bonchev–Trinajstić information content (AvgIpc) is 3.33. The first-order valence-corrected chi connectivity index (χ1v) is 8.03. The zero-order chi connectivity index (χ0) is 16.4. The smallest absolute Gasteiger partial charge is 0.339 e. The first-order valence-electron chi connectivity index (χ1n) is 7.65. The third-order valence-corrected chi connectivity index (χ3v) is 3.90. The van der Waals surface area contributed by atoms with E-state index in [0.717, 1.165) is 19.3 Å². The summed E-state index contributed by atoms with van der Waals surface area (Å²) in [5.41, 5.74) is 0.227. The second-order valence-corrected chi connectivity index (χ2v) is 6.07. The van der Waals surface area contributed by atoms with Gasteiger partial charge < -0.3 is 19.5 Å². The topological polar surface area (TPSA) is 73.9 Å². The molecule has 1 N–H and O–H groups in total. The maximum Gasteiger partial charge on any atom is 0.339 e. The van der Waals surface area contributed by atoms with Crippen molar-refractivity contribution < 1.29 is 23.8 Å². The molecule has 1 aromatic rings. The highest BCUT2D eigenvalue weighted by atomic mass is 35.5. The largest absolute Gasteiger partial charge is 0.489 e. The Morgan fingerprint density at radius 3 is 2.78 bits per heavy atom. The third-order valence-electron chi connectivity index (χ3n) is 3.61. The van der Waals surface area contributed by atoms with Gasteiger partial charge in [-0.1, -0.05) is 11.6 Å². The highest BCUT2D eigenvalue weighted by Gasteiger charge is 2.28. The van der Waals surface area contributed by atoms with Crippen molar-refractivity contribution in [2.24, 2.45) is 0 Å². The van der Waals surface area contributed by atoms with E-state index < -0.39 is 12.1 Å². The van der Waals surface area contributed by atoms with Crippen molar-refractivity contribution in [3.8, 4) is 11.5 Å². The fraction of sp³-hybridized carbons (Fsp3) is 0.500. The van der Waals surface area contributed by atoms with E-state index >= 15 is 0 Å². The summed E-state index contributed by atoms with van der Waals surface area (Å²) in [5.74, 6) is -0.0699. The Morgan fingerprint density at radius 2 is 2.04 bits per heavy atom. The van der Waals surface area contributed by atoms with Crippen LogP contribution >= 0.6 is 11.6 Å². The molecule has 0 radical (unpaired) electrons. The lowest BCUT2D eigenvalue weighted by atomic mass is 10.2. The lowest BCUT2D eigenvalue weighted by molar-refractivity contribution is -0.129. The summed E-state index contributed by atoms with van der Waals surface area (Å²) >= 11 is 6.15. The molecule has 0 aromatic heterocycles. The van der Waals surface area contributed by atoms with Crippen LogP contribution in [0.2, 0.25) is 5.02 Å². The van der Waals surface area contributed by atoms with E-state index in [0.29, 0.717) is 24.7 Å². The van der Waals surface area contributed by atoms with E-state index in [2.05, 4.69) is 5.32 Å². The van der Waals surface area contributed by atoms with Crippen LogP contribution in [0, 0.1) is 0 Å². The molecule has 0 unspecified atom stereocenters. The molecular weight excluding hydrogens is 322 g/mol. The quantitative estimate of drug-likeness (QED) is 0.852. The molecule has 1 aliphatic heterocycles. The summed E-state index contributed by atoms with van der Waals surface area (Å²) < 4.78 is 16.2. The number of fused-ring (bicyclic) bond motifs is 1. The Morgan fingerprint density at radius 1 is 1.30 bits per heavy atom. The molecule has 1 fully saturated rings. The lowest BCUT2D eigenvalue weighted by Crippen LogP contribution is -2.37. The molecule has 1 amide bonds. The van der Waals surface area contributed by atoms with Crippen LogP contribution in [0.15, 0.2) is 12.1 Å². The highest BCUT2D eigenvalue weighted by Crippen LogP contribution is 2.38. The van der Waals surface area contributed by atoms with Crippen LogP contribution in [-0.4, -0.2) is 37.2 Å². The summed E-state index contributed by atoms with van der Waals surface area (Å²) in [4.78, 5) is 24.1. The Kier molecular flexibility index (Phi) is 4.61. The summed E-state index contributed by atoms with van der Waals surface area (Å²) in [6.45, 7) is 2.54. The van der Waals surface area contributed by atoms with Crippen molar-refractivity contribution >= 4 is 23.5 Å². The van der Waals surface area contributed by atoms with Crippen molar-refractivity contribution in [1.82, 2.24) is 5.32 Å². The number of rotatable bonds is 4. The molecule has 1 atom stereocenters. The van der Waals surface area contributed by atoms with Crippen LogP contribution in [-0.2, 0) is 9.53 Å². The van der Waals surface area contributed by atoms with E-state index in [1.807, 2.05) is 0 Å². The molecule has 23 heavy (non-hydrogen) atoms. The zero-order valence-corrected chi connectivity index (χ0v) is 13.5. The second kappa shape index (κ2) is 6.66. The number of halogens is 1. The molecule has 7 heteroatoms. The van der Waals surface area contributed by atoms with Crippen LogP contribution in [0.3, 0.4) is 0 Å². The van der Waals surface area contributed by atoms with Crippen LogP contribution in [0.4, 0.5) is 0 Å². The minimum atomic E-state index is -0.863. The predicted octanol–water partition coefficient (Wildman–Crippen LogP) is 2.33. The first kappa shape index (κ1) is 15.9. The number of carbonyl (C=O) groups excluding carboxylic acids is 2. The fourth-order valence-electron chi connectivity index (χ4n) is 2.18. The molecule has 1 aromatic carbocycles. The molecule has 124 valence electrons. The molecule has 1 aliphatic carbocycles. The molecule has 1 saturated carbocycles. The molecule has 2 aliphatic rings. The first-order chi connectivity index (χ1) is 11.0. The summed E-state index contributed by atoms with van der Waals surface area (Å²) in [6.07, 6.45) is 1.83. The van der Waals surface area contributed by atoms with Gasteiger partial charge in [-0.25, -0.2) is 4.79 Å². The van der Waals surface area contributed by atoms with E-state index in [9.17, 15) is 9.59 Å². The van der Waals surface area contributed by atoms with Gasteiger partial charge >= 0.3 is 5.97 Å². The van der Waals surface area contributed by atoms with Gasteiger partial charge in [0.1, 0.15) is 0 Å². The maximum absolute atomic E-state index is 12.2. The highest BCUT2D eigenvalue weighted by molar-refractivity contribution is 6.32. The van der Waals surface area contributed by atoms with Crippen molar-refractivity contribution in [2.75, 3.05) is 13.2 Å². The number of ether oxygens (including phenoxy) is 3. The van der Waals surface area contributed by atoms with Gasteiger partial charge in [0.2, 0.25) is 0 Å². The minimum Gasteiger partial charge on any atom is -0.489 e. The predicted molar refractivity (Wildman–Crippen MR) is 83.1 cm³/mol. The van der Waals surface area contributed by atoms with Crippen LogP contribution < -0.4 is 14.8 Å². The van der Waals surface area contributed by atoms with Gasteiger partial charge in [0, 0.05) is 12.5 Å². The minimum absolute atomic E-state index is 0.219. The molecule has 6 nitrogen and oxygen atoms in total. The zero-order valence-electron chi connectivity index (χ0n) is 12.8. The SMILES string of the molecule is C[C@H](OC(=O)c1cc(Cl)c2c(c1)OCCCO2)C(=O)NC1CC1. The Balaban J connectivity index is 1.70. The maximum atomic E-state index is 12.2. The normalized spacial score (nSPS) is 17.8. The number of hydrogen-bond acceptors (Lipinski definition) is 5. The monoisotopic (exact) mass is 339 g/mol. The van der Waals surface area contributed by atoms with Gasteiger partial charge in [-0.3, -0.25) is 4.79 Å². The Labute approximate surface area is 139 Å². The lowest BCUT2D eigenvalue weighted by Gasteiger charge is -2.15. The van der Waals surface area contributed by atoms with Gasteiger partial charge in [0.25, 0.3) is 5.91 Å². The molecule has 0 spiro atoms. The average molecular weight is 340 g/mol. The van der Waals surface area contributed by atoms with E-state index in [1.54, 1.807) is 6.92 Å². The number of hydrogen-bond donors (Lipinski definition) is 1. The summed E-state index contributed by atoms with van der Waals surface area (Å²) in [6, 6.07) is 3.21. The Hall–Kier alpha value is -1.95. The van der Waals surface area contributed by atoms with E-state index in [-0.39, 0.29) is 22.5 Å². The summed E-state index contributed by atoms with van der Waals surface area (Å²) in [7, 11) is 0. The standard InChI is InChI=1S/C16H18ClNO5/c1-9(15(19)18-11-3-4-11)23-16(20)10-7-12(17)14-13(8-10)21-5-2-6-22-14/h7-9,11H,2-6H2,1H3,(H,18,19)/t9-/m0/s1. The van der Waals surface area contributed by atoms with E-state index in [4.69, 9.17) is 25.8 Å². The number of nitrogens with one attached hydrogen (secondary N) is 1.